The third-order valence-electron chi connectivity index (χ3n) is 5.06. The second-order valence-corrected chi connectivity index (χ2v) is 7.02. The molecular weight excluding hydrogens is 180 g/mol. The Balaban J connectivity index is 1.96. The van der Waals surface area contributed by atoms with E-state index in [4.69, 9.17) is 0 Å². The van der Waals surface area contributed by atoms with E-state index >= 15 is 0 Å². The lowest BCUT2D eigenvalue weighted by Gasteiger charge is -2.29. The van der Waals surface area contributed by atoms with Crippen molar-refractivity contribution >= 4 is 0 Å². The van der Waals surface area contributed by atoms with Gasteiger partial charge in [0.05, 0.1) is 0 Å². The summed E-state index contributed by atoms with van der Waals surface area (Å²) in [7, 11) is 0. The van der Waals surface area contributed by atoms with E-state index in [0.717, 1.165) is 17.8 Å². The first-order chi connectivity index (χ1) is 7.07. The van der Waals surface area contributed by atoms with Crippen LogP contribution in [0.5, 0.6) is 0 Å². The molecule has 0 nitrogen and oxygen atoms in total. The topological polar surface area (TPSA) is 0 Å². The van der Waals surface area contributed by atoms with Crippen LogP contribution in [-0.4, -0.2) is 0 Å². The van der Waals surface area contributed by atoms with Gasteiger partial charge in [0, 0.05) is 0 Å². The van der Waals surface area contributed by atoms with Gasteiger partial charge in [0.15, 0.2) is 0 Å². The van der Waals surface area contributed by atoms with Crippen molar-refractivity contribution in [3.63, 3.8) is 0 Å². The summed E-state index contributed by atoms with van der Waals surface area (Å²) in [6, 6.07) is 0. The molecule has 0 aromatic carbocycles. The number of fused-ring (bicyclic) bond motifs is 1. The van der Waals surface area contributed by atoms with E-state index in [0.29, 0.717) is 5.41 Å². The zero-order valence-electron chi connectivity index (χ0n) is 10.9. The molecule has 0 heteroatoms. The van der Waals surface area contributed by atoms with Crippen LogP contribution in [-0.2, 0) is 0 Å². The molecule has 0 amide bonds. The zero-order chi connectivity index (χ0) is 10.9. The molecule has 0 bridgehead atoms. The van der Waals surface area contributed by atoms with E-state index in [9.17, 15) is 0 Å². The maximum absolute atomic E-state index is 2.44. The lowest BCUT2D eigenvalue weighted by molar-refractivity contribution is 0.212. The Bertz CT molecular complexity index is 183. The second-order valence-electron chi connectivity index (χ2n) is 7.02. The minimum Gasteiger partial charge on any atom is -0.0599 e. The number of hydrogen-bond donors (Lipinski definition) is 0. The van der Waals surface area contributed by atoms with Gasteiger partial charge in [-0.25, -0.2) is 0 Å². The van der Waals surface area contributed by atoms with Crippen LogP contribution in [0.25, 0.3) is 0 Å². The molecule has 2 rings (SSSR count). The molecule has 2 unspecified atom stereocenters. The van der Waals surface area contributed by atoms with Gasteiger partial charge in [0.1, 0.15) is 0 Å². The van der Waals surface area contributed by atoms with E-state index in [-0.39, 0.29) is 0 Å². The summed E-state index contributed by atoms with van der Waals surface area (Å²) in [5.41, 5.74) is 0.549. The summed E-state index contributed by atoms with van der Waals surface area (Å²) >= 11 is 0. The predicted molar refractivity (Wildman–Crippen MR) is 66.9 cm³/mol. The van der Waals surface area contributed by atoms with Crippen molar-refractivity contribution in [3.8, 4) is 0 Å². The van der Waals surface area contributed by atoms with E-state index < -0.39 is 0 Å². The van der Waals surface area contributed by atoms with Crippen molar-refractivity contribution in [1.82, 2.24) is 0 Å². The Morgan fingerprint density at radius 1 is 0.667 bits per heavy atom. The summed E-state index contributed by atoms with van der Waals surface area (Å²) in [4.78, 5) is 0. The molecule has 0 aromatic rings. The highest BCUT2D eigenvalue weighted by molar-refractivity contribution is 4.84. The smallest absolute Gasteiger partial charge is 0.0354 e. The van der Waals surface area contributed by atoms with Crippen LogP contribution >= 0.6 is 0 Å². The largest absolute Gasteiger partial charge is 0.0599 e. The van der Waals surface area contributed by atoms with Crippen LogP contribution in [0.4, 0.5) is 0 Å². The number of hydrogen-bond acceptors (Lipinski definition) is 0. The average molecular weight is 208 g/mol. The molecule has 2 aliphatic rings. The van der Waals surface area contributed by atoms with Gasteiger partial charge in [-0.1, -0.05) is 46.5 Å². The van der Waals surface area contributed by atoms with Crippen LogP contribution in [0.1, 0.15) is 72.1 Å². The third-order valence-corrected chi connectivity index (χ3v) is 5.06. The molecule has 2 atom stereocenters. The Morgan fingerprint density at radius 2 is 1.13 bits per heavy atom. The normalized spacial score (nSPS) is 38.2. The van der Waals surface area contributed by atoms with Crippen LogP contribution < -0.4 is 0 Å². The van der Waals surface area contributed by atoms with Gasteiger partial charge >= 0.3 is 0 Å². The van der Waals surface area contributed by atoms with Crippen molar-refractivity contribution in [1.29, 1.82) is 0 Å². The van der Waals surface area contributed by atoms with Crippen molar-refractivity contribution in [2.24, 2.45) is 23.2 Å². The minimum absolute atomic E-state index is 0.549. The van der Waals surface area contributed by atoms with Crippen molar-refractivity contribution in [2.75, 3.05) is 0 Å². The van der Waals surface area contributed by atoms with Crippen molar-refractivity contribution in [2.45, 2.75) is 72.1 Å². The van der Waals surface area contributed by atoms with Crippen LogP contribution in [0.15, 0.2) is 0 Å². The van der Waals surface area contributed by atoms with Gasteiger partial charge in [0.2, 0.25) is 0 Å². The molecule has 2 saturated carbocycles. The quantitative estimate of drug-likeness (QED) is 0.524. The minimum atomic E-state index is 0.549. The fraction of sp³-hybridized carbons (Fsp3) is 1.00. The molecule has 0 saturated heterocycles. The lowest BCUT2D eigenvalue weighted by atomic mass is 9.76. The maximum Gasteiger partial charge on any atom is -0.0354 e. The molecular formula is C15H28. The summed E-state index contributed by atoms with van der Waals surface area (Å²) in [5.74, 6) is 3.19. The first-order valence-electron chi connectivity index (χ1n) is 7.07. The summed E-state index contributed by atoms with van der Waals surface area (Å²) in [6.07, 6.45) is 12.2. The third kappa shape index (κ3) is 2.77. The molecule has 0 spiro atoms. The van der Waals surface area contributed by atoms with Crippen LogP contribution in [0.3, 0.4) is 0 Å². The average Bonchev–Trinajstić information content (AvgIpc) is 2.38. The Morgan fingerprint density at radius 3 is 1.53 bits per heavy atom. The van der Waals surface area contributed by atoms with Gasteiger partial charge in [-0.15, -0.1) is 0 Å². The summed E-state index contributed by atoms with van der Waals surface area (Å²) < 4.78 is 0. The van der Waals surface area contributed by atoms with Crippen molar-refractivity contribution in [3.05, 3.63) is 0 Å². The summed E-state index contributed by atoms with van der Waals surface area (Å²) in [6.45, 7) is 7.31. The first kappa shape index (κ1) is 11.5. The molecule has 0 N–H and O–H groups in total. The maximum atomic E-state index is 2.44. The molecule has 0 heterocycles. The lowest BCUT2D eigenvalue weighted by Crippen LogP contribution is -2.19. The molecule has 0 aliphatic heterocycles. The van der Waals surface area contributed by atoms with Gasteiger partial charge in [-0.3, -0.25) is 0 Å². The Hall–Kier alpha value is 0. The van der Waals surface area contributed by atoms with E-state index in [1.807, 2.05) is 0 Å². The van der Waals surface area contributed by atoms with Crippen LogP contribution in [0.2, 0.25) is 0 Å². The molecule has 0 aromatic heterocycles. The predicted octanol–water partition coefficient (Wildman–Crippen LogP) is 5.03. The fourth-order valence-electron chi connectivity index (χ4n) is 3.89. The van der Waals surface area contributed by atoms with E-state index in [1.165, 1.54) is 38.5 Å². The fourth-order valence-corrected chi connectivity index (χ4v) is 3.89. The summed E-state index contributed by atoms with van der Waals surface area (Å²) in [5, 5.41) is 0. The zero-order valence-corrected chi connectivity index (χ0v) is 10.9. The molecule has 2 aliphatic carbocycles. The molecule has 15 heavy (non-hydrogen) atoms. The van der Waals surface area contributed by atoms with Gasteiger partial charge in [-0.2, -0.15) is 0 Å². The van der Waals surface area contributed by atoms with E-state index in [1.54, 1.807) is 12.8 Å². The molecule has 0 radical (unpaired) electrons. The standard InChI is InChI=1S/C15H28/c1-15(2,3)14-10-8-12-6-4-5-7-13(12)9-11-14/h12-14H,4-11H2,1-3H3. The first-order valence-corrected chi connectivity index (χ1v) is 7.07. The highest BCUT2D eigenvalue weighted by Crippen LogP contribution is 2.45. The monoisotopic (exact) mass is 208 g/mol. The highest BCUT2D eigenvalue weighted by atomic mass is 14.4. The second kappa shape index (κ2) is 4.47. The Kier molecular flexibility index (Phi) is 3.42. The number of rotatable bonds is 0. The Labute approximate surface area is 95.8 Å². The van der Waals surface area contributed by atoms with Crippen LogP contribution in [0, 0.1) is 23.2 Å². The van der Waals surface area contributed by atoms with E-state index in [2.05, 4.69) is 20.8 Å². The highest BCUT2D eigenvalue weighted by Gasteiger charge is 2.33. The van der Waals surface area contributed by atoms with Crippen molar-refractivity contribution < 1.29 is 0 Å². The van der Waals surface area contributed by atoms with Gasteiger partial charge in [0.25, 0.3) is 0 Å². The SMILES string of the molecule is CC(C)(C)C1CCC2CCCCC2CC1. The van der Waals surface area contributed by atoms with Gasteiger partial charge < -0.3 is 0 Å². The van der Waals surface area contributed by atoms with Gasteiger partial charge in [-0.05, 0) is 48.9 Å². The molecule has 88 valence electrons. The molecule has 2 fully saturated rings.